The Bertz CT molecular complexity index is 539. The molecule has 0 unspecified atom stereocenters. The molecule has 0 aliphatic heterocycles. The highest BCUT2D eigenvalue weighted by Crippen LogP contribution is 2.25. The van der Waals surface area contributed by atoms with Gasteiger partial charge in [0.1, 0.15) is 4.90 Å². The number of aromatic nitrogens is 2. The molecule has 0 spiro atoms. The van der Waals surface area contributed by atoms with E-state index in [1.807, 2.05) is 6.92 Å². The second-order valence-electron chi connectivity index (χ2n) is 5.56. The van der Waals surface area contributed by atoms with E-state index in [1.165, 1.54) is 36.0 Å². The molecular formula is C14H24N4O2S. The van der Waals surface area contributed by atoms with Crippen LogP contribution in [0, 0.1) is 5.92 Å². The lowest BCUT2D eigenvalue weighted by Crippen LogP contribution is -2.32. The third-order valence-corrected chi connectivity index (χ3v) is 5.69. The summed E-state index contributed by atoms with van der Waals surface area (Å²) in [5.41, 5.74) is 0. The van der Waals surface area contributed by atoms with Crippen molar-refractivity contribution in [3.8, 4) is 0 Å². The lowest BCUT2D eigenvalue weighted by Gasteiger charge is -2.26. The molecule has 21 heavy (non-hydrogen) atoms. The van der Waals surface area contributed by atoms with E-state index in [-0.39, 0.29) is 4.90 Å². The molecule has 1 aliphatic rings. The van der Waals surface area contributed by atoms with Crippen molar-refractivity contribution in [3.63, 3.8) is 0 Å². The predicted octanol–water partition coefficient (Wildman–Crippen LogP) is 2.11. The van der Waals surface area contributed by atoms with Crippen LogP contribution >= 0.6 is 0 Å². The van der Waals surface area contributed by atoms with Crippen molar-refractivity contribution in [2.45, 2.75) is 43.9 Å². The van der Waals surface area contributed by atoms with Crippen LogP contribution in [0.3, 0.4) is 0 Å². The lowest BCUT2D eigenvalue weighted by atomic mass is 9.89. The van der Waals surface area contributed by atoms with Gasteiger partial charge in [-0.3, -0.25) is 0 Å². The molecule has 6 nitrogen and oxygen atoms in total. The smallest absolute Gasteiger partial charge is 0.245 e. The van der Waals surface area contributed by atoms with Crippen molar-refractivity contribution in [2.24, 2.45) is 5.92 Å². The molecule has 1 fully saturated rings. The molecule has 0 atom stereocenters. The summed E-state index contributed by atoms with van der Waals surface area (Å²) in [5, 5.41) is 2.95. The molecule has 0 bridgehead atoms. The van der Waals surface area contributed by atoms with E-state index in [9.17, 15) is 8.42 Å². The Hall–Kier alpha value is -1.21. The largest absolute Gasteiger partial charge is 0.355 e. The van der Waals surface area contributed by atoms with E-state index in [1.54, 1.807) is 7.05 Å². The zero-order valence-corrected chi connectivity index (χ0v) is 13.6. The van der Waals surface area contributed by atoms with Gasteiger partial charge in [0.25, 0.3) is 0 Å². The van der Waals surface area contributed by atoms with Crippen LogP contribution in [0.2, 0.25) is 0 Å². The third kappa shape index (κ3) is 4.14. The Labute approximate surface area is 127 Å². The molecule has 0 aromatic carbocycles. The van der Waals surface area contributed by atoms with E-state index < -0.39 is 10.0 Å². The van der Waals surface area contributed by atoms with Gasteiger partial charge < -0.3 is 5.32 Å². The average molecular weight is 312 g/mol. The second-order valence-corrected chi connectivity index (χ2v) is 7.61. The van der Waals surface area contributed by atoms with Crippen LogP contribution in [0.5, 0.6) is 0 Å². The van der Waals surface area contributed by atoms with Crippen molar-refractivity contribution in [1.82, 2.24) is 14.3 Å². The first-order chi connectivity index (χ1) is 10.0. The van der Waals surface area contributed by atoms with E-state index in [0.717, 1.165) is 12.8 Å². The van der Waals surface area contributed by atoms with E-state index in [0.29, 0.717) is 25.0 Å². The zero-order valence-electron chi connectivity index (χ0n) is 12.7. The number of rotatable bonds is 6. The van der Waals surface area contributed by atoms with Gasteiger partial charge in [0, 0.05) is 20.1 Å². The Balaban J connectivity index is 2.05. The number of hydrogen-bond donors (Lipinski definition) is 1. The van der Waals surface area contributed by atoms with Gasteiger partial charge in [0.05, 0.1) is 12.4 Å². The fourth-order valence-corrected chi connectivity index (χ4v) is 3.85. The second kappa shape index (κ2) is 7.17. The van der Waals surface area contributed by atoms with Crippen molar-refractivity contribution >= 4 is 16.0 Å². The summed E-state index contributed by atoms with van der Waals surface area (Å²) in [6.07, 6.45) is 8.67. The van der Waals surface area contributed by atoms with Gasteiger partial charge in [-0.25, -0.2) is 22.7 Å². The molecule has 118 valence electrons. The van der Waals surface area contributed by atoms with Gasteiger partial charge in [-0.05, 0) is 25.7 Å². The first-order valence-electron chi connectivity index (χ1n) is 7.56. The van der Waals surface area contributed by atoms with Crippen LogP contribution in [0.1, 0.15) is 39.0 Å². The van der Waals surface area contributed by atoms with Crippen molar-refractivity contribution in [3.05, 3.63) is 12.4 Å². The fraction of sp³-hybridized carbons (Fsp3) is 0.714. The van der Waals surface area contributed by atoms with Crippen LogP contribution in [-0.2, 0) is 10.0 Å². The van der Waals surface area contributed by atoms with E-state index in [4.69, 9.17) is 0 Å². The molecule has 1 N–H and O–H groups in total. The Morgan fingerprint density at radius 2 is 1.86 bits per heavy atom. The maximum atomic E-state index is 12.5. The number of sulfonamides is 1. The Kier molecular flexibility index (Phi) is 5.52. The highest BCUT2D eigenvalue weighted by molar-refractivity contribution is 7.89. The average Bonchev–Trinajstić information content (AvgIpc) is 2.49. The maximum Gasteiger partial charge on any atom is 0.245 e. The highest BCUT2D eigenvalue weighted by Gasteiger charge is 2.25. The molecule has 0 radical (unpaired) electrons. The molecule has 2 rings (SSSR count). The minimum Gasteiger partial charge on any atom is -0.355 e. The Morgan fingerprint density at radius 3 is 2.43 bits per heavy atom. The van der Waals surface area contributed by atoms with Gasteiger partial charge in [0.15, 0.2) is 0 Å². The summed E-state index contributed by atoms with van der Waals surface area (Å²) < 4.78 is 26.4. The lowest BCUT2D eigenvalue weighted by molar-refractivity contribution is 0.300. The molecule has 1 aliphatic carbocycles. The number of anilines is 1. The summed E-state index contributed by atoms with van der Waals surface area (Å²) in [7, 11) is -1.85. The van der Waals surface area contributed by atoms with Gasteiger partial charge >= 0.3 is 0 Å². The van der Waals surface area contributed by atoms with E-state index >= 15 is 0 Å². The minimum atomic E-state index is -3.49. The zero-order chi connectivity index (χ0) is 15.3. The van der Waals surface area contributed by atoms with Crippen LogP contribution in [0.15, 0.2) is 17.3 Å². The van der Waals surface area contributed by atoms with Crippen molar-refractivity contribution in [1.29, 1.82) is 0 Å². The monoisotopic (exact) mass is 312 g/mol. The van der Waals surface area contributed by atoms with Crippen LogP contribution < -0.4 is 5.32 Å². The highest BCUT2D eigenvalue weighted by atomic mass is 32.2. The van der Waals surface area contributed by atoms with Gasteiger partial charge in [0.2, 0.25) is 16.0 Å². The first-order valence-corrected chi connectivity index (χ1v) is 9.00. The molecule has 7 heteroatoms. The SMILES string of the molecule is CCNc1ncc(S(=O)(=O)N(C)CC2CCCCC2)cn1. The molecule has 1 saturated carbocycles. The van der Waals surface area contributed by atoms with Gasteiger partial charge in [-0.15, -0.1) is 0 Å². The third-order valence-electron chi connectivity index (χ3n) is 3.91. The predicted molar refractivity (Wildman–Crippen MR) is 82.6 cm³/mol. The van der Waals surface area contributed by atoms with Crippen LogP contribution in [0.4, 0.5) is 5.95 Å². The summed E-state index contributed by atoms with van der Waals surface area (Å²) in [5.74, 6) is 0.923. The first kappa shape index (κ1) is 16.2. The van der Waals surface area contributed by atoms with Crippen LogP contribution in [-0.4, -0.2) is 42.8 Å². The molecular weight excluding hydrogens is 288 g/mol. The van der Waals surface area contributed by atoms with Crippen LogP contribution in [0.25, 0.3) is 0 Å². The van der Waals surface area contributed by atoms with E-state index in [2.05, 4.69) is 15.3 Å². The molecule has 1 heterocycles. The number of hydrogen-bond acceptors (Lipinski definition) is 5. The van der Waals surface area contributed by atoms with Crippen molar-refractivity contribution < 1.29 is 8.42 Å². The number of nitrogens with zero attached hydrogens (tertiary/aromatic N) is 3. The molecule has 0 amide bonds. The summed E-state index contributed by atoms with van der Waals surface area (Å²) >= 11 is 0. The molecule has 1 aromatic rings. The normalized spacial score (nSPS) is 17.1. The standard InChI is InChI=1S/C14H24N4O2S/c1-3-15-14-16-9-13(10-17-14)21(19,20)18(2)11-12-7-5-4-6-8-12/h9-10,12H,3-8,11H2,1-2H3,(H,15,16,17). The molecule has 0 saturated heterocycles. The Morgan fingerprint density at radius 1 is 1.24 bits per heavy atom. The molecule has 1 aromatic heterocycles. The minimum absolute atomic E-state index is 0.155. The topological polar surface area (TPSA) is 75.2 Å². The van der Waals surface area contributed by atoms with Gasteiger partial charge in [-0.1, -0.05) is 19.3 Å². The maximum absolute atomic E-state index is 12.5. The fourth-order valence-electron chi connectivity index (χ4n) is 2.71. The van der Waals surface area contributed by atoms with Gasteiger partial charge in [-0.2, -0.15) is 0 Å². The number of nitrogens with one attached hydrogen (secondary N) is 1. The summed E-state index contributed by atoms with van der Waals surface area (Å²) in [4.78, 5) is 8.23. The summed E-state index contributed by atoms with van der Waals surface area (Å²) in [6.45, 7) is 3.22. The summed E-state index contributed by atoms with van der Waals surface area (Å²) in [6, 6.07) is 0. The van der Waals surface area contributed by atoms with Crippen molar-refractivity contribution in [2.75, 3.05) is 25.5 Å². The quantitative estimate of drug-likeness (QED) is 0.870.